The van der Waals surface area contributed by atoms with Gasteiger partial charge in [0.05, 0.1) is 0 Å². The van der Waals surface area contributed by atoms with Crippen molar-refractivity contribution in [2.75, 3.05) is 0 Å². The minimum absolute atomic E-state index is 0.277. The highest BCUT2D eigenvalue weighted by atomic mass is 35.5. The van der Waals surface area contributed by atoms with Crippen LogP contribution < -0.4 is 10.1 Å². The second kappa shape index (κ2) is 7.28. The van der Waals surface area contributed by atoms with E-state index < -0.39 is 0 Å². The molecule has 0 saturated heterocycles. The Morgan fingerprint density at radius 1 is 0.967 bits per heavy atom. The topological polar surface area (TPSA) is 21.3 Å². The first-order valence-corrected chi connectivity index (χ1v) is 11.8. The largest absolute Gasteiger partial charge is 0.489 e. The Hall–Kier alpha value is -1.51. The van der Waals surface area contributed by atoms with Gasteiger partial charge < -0.3 is 10.1 Å². The Morgan fingerprint density at radius 2 is 1.67 bits per heavy atom. The van der Waals surface area contributed by atoms with E-state index in [-0.39, 0.29) is 5.54 Å². The molecule has 0 heterocycles. The summed E-state index contributed by atoms with van der Waals surface area (Å²) in [6.07, 6.45) is 8.21. The van der Waals surface area contributed by atoms with Crippen molar-refractivity contribution in [3.8, 4) is 5.75 Å². The lowest BCUT2D eigenvalue weighted by atomic mass is 9.43. The SMILES string of the molecule is Cc1ccc(COc2ccc(Cl)cc2CNC23CC4C[C@@](C)(C2)C[C@](C)(C4)C3)cc1. The zero-order valence-corrected chi connectivity index (χ0v) is 19.3. The first kappa shape index (κ1) is 20.4. The smallest absolute Gasteiger partial charge is 0.124 e. The van der Waals surface area contributed by atoms with E-state index >= 15 is 0 Å². The van der Waals surface area contributed by atoms with E-state index in [1.807, 2.05) is 12.1 Å². The molecule has 4 aliphatic carbocycles. The van der Waals surface area contributed by atoms with Crippen molar-refractivity contribution in [1.29, 1.82) is 0 Å². The zero-order chi connectivity index (χ0) is 21.0. The number of benzene rings is 2. The van der Waals surface area contributed by atoms with Crippen LogP contribution in [0.1, 0.15) is 69.1 Å². The van der Waals surface area contributed by atoms with Gasteiger partial charge in [0.1, 0.15) is 12.4 Å². The van der Waals surface area contributed by atoms with E-state index in [2.05, 4.69) is 56.4 Å². The van der Waals surface area contributed by atoms with E-state index in [1.54, 1.807) is 0 Å². The van der Waals surface area contributed by atoms with Crippen LogP contribution in [-0.4, -0.2) is 5.54 Å². The number of hydrogen-bond acceptors (Lipinski definition) is 2. The van der Waals surface area contributed by atoms with E-state index in [9.17, 15) is 0 Å². The highest BCUT2D eigenvalue weighted by Crippen LogP contribution is 2.66. The molecule has 4 fully saturated rings. The molecule has 0 aliphatic heterocycles. The molecule has 0 amide bonds. The van der Waals surface area contributed by atoms with Crippen molar-refractivity contribution < 1.29 is 4.74 Å². The number of nitrogens with one attached hydrogen (secondary N) is 1. The molecule has 2 aromatic rings. The van der Waals surface area contributed by atoms with Gasteiger partial charge in [0.15, 0.2) is 0 Å². The van der Waals surface area contributed by atoms with Crippen LogP contribution >= 0.6 is 11.6 Å². The lowest BCUT2D eigenvalue weighted by molar-refractivity contribution is -0.118. The van der Waals surface area contributed by atoms with E-state index in [4.69, 9.17) is 16.3 Å². The monoisotopic (exact) mass is 423 g/mol. The van der Waals surface area contributed by atoms with E-state index in [0.717, 1.165) is 23.2 Å². The number of hydrogen-bond donors (Lipinski definition) is 1. The Labute approximate surface area is 186 Å². The molecule has 4 aliphatic rings. The van der Waals surface area contributed by atoms with Crippen LogP contribution in [0.4, 0.5) is 0 Å². The zero-order valence-electron chi connectivity index (χ0n) is 18.6. The molecular weight excluding hydrogens is 390 g/mol. The maximum absolute atomic E-state index is 6.37. The summed E-state index contributed by atoms with van der Waals surface area (Å²) in [4.78, 5) is 0. The summed E-state index contributed by atoms with van der Waals surface area (Å²) in [5, 5.41) is 4.81. The van der Waals surface area contributed by atoms with Crippen molar-refractivity contribution >= 4 is 11.6 Å². The standard InChI is InChI=1S/C27H34ClNO/c1-19-4-6-20(7-5-19)15-30-24-9-8-23(28)10-22(24)14-29-27-13-21-11-25(2,17-27)16-26(3,12-21)18-27/h4-10,21,29H,11-18H2,1-3H3/t21?,25-,26+,27?. The van der Waals surface area contributed by atoms with Gasteiger partial charge in [-0.1, -0.05) is 55.3 Å². The Morgan fingerprint density at radius 3 is 2.33 bits per heavy atom. The molecule has 6 rings (SSSR count). The van der Waals surface area contributed by atoms with Crippen LogP contribution in [0.2, 0.25) is 5.02 Å². The first-order chi connectivity index (χ1) is 14.2. The number of ether oxygens (including phenoxy) is 1. The number of aryl methyl sites for hydroxylation is 1. The average Bonchev–Trinajstić information content (AvgIpc) is 2.64. The summed E-state index contributed by atoms with van der Waals surface area (Å²) < 4.78 is 6.23. The highest BCUT2D eigenvalue weighted by Gasteiger charge is 2.59. The fraction of sp³-hybridized carbons (Fsp3) is 0.556. The van der Waals surface area contributed by atoms with Gasteiger partial charge in [-0.05, 0) is 86.0 Å². The van der Waals surface area contributed by atoms with Gasteiger partial charge in [0.25, 0.3) is 0 Å². The normalized spacial score (nSPS) is 34.3. The van der Waals surface area contributed by atoms with Crippen LogP contribution in [0.25, 0.3) is 0 Å². The number of rotatable bonds is 6. The predicted molar refractivity (Wildman–Crippen MR) is 124 cm³/mol. The van der Waals surface area contributed by atoms with Crippen LogP contribution in [-0.2, 0) is 13.2 Å². The third-order valence-electron chi connectivity index (χ3n) is 7.82. The fourth-order valence-electron chi connectivity index (χ4n) is 7.60. The quantitative estimate of drug-likeness (QED) is 0.536. The molecule has 0 radical (unpaired) electrons. The van der Waals surface area contributed by atoms with E-state index in [0.29, 0.717) is 17.4 Å². The van der Waals surface area contributed by atoms with Crippen molar-refractivity contribution in [2.45, 2.75) is 78.0 Å². The molecule has 0 aromatic heterocycles. The van der Waals surface area contributed by atoms with Gasteiger partial charge in [0, 0.05) is 22.7 Å². The van der Waals surface area contributed by atoms with Gasteiger partial charge in [0.2, 0.25) is 0 Å². The van der Waals surface area contributed by atoms with Gasteiger partial charge in [-0.15, -0.1) is 0 Å². The van der Waals surface area contributed by atoms with Crippen LogP contribution in [0.15, 0.2) is 42.5 Å². The predicted octanol–water partition coefficient (Wildman–Crippen LogP) is 7.07. The summed E-state index contributed by atoms with van der Waals surface area (Å²) in [6.45, 7) is 8.57. The molecule has 160 valence electrons. The summed E-state index contributed by atoms with van der Waals surface area (Å²) in [7, 11) is 0. The summed E-state index contributed by atoms with van der Waals surface area (Å²) >= 11 is 6.37. The maximum Gasteiger partial charge on any atom is 0.124 e. The average molecular weight is 424 g/mol. The Kier molecular flexibility index (Phi) is 4.95. The van der Waals surface area contributed by atoms with Crippen molar-refractivity contribution in [2.24, 2.45) is 16.7 Å². The second-order valence-corrected chi connectivity index (χ2v) is 11.7. The van der Waals surface area contributed by atoms with Gasteiger partial charge in [-0.2, -0.15) is 0 Å². The van der Waals surface area contributed by atoms with E-state index in [1.165, 1.54) is 55.2 Å². The molecule has 1 N–H and O–H groups in total. The molecular formula is C27H34ClNO. The Bertz CT molecular complexity index is 918. The molecule has 4 atom stereocenters. The summed E-state index contributed by atoms with van der Waals surface area (Å²) in [6, 6.07) is 14.6. The molecule has 3 heteroatoms. The summed E-state index contributed by atoms with van der Waals surface area (Å²) in [5.41, 5.74) is 4.94. The van der Waals surface area contributed by atoms with Crippen LogP contribution in [0.5, 0.6) is 5.75 Å². The fourth-order valence-corrected chi connectivity index (χ4v) is 7.79. The minimum Gasteiger partial charge on any atom is -0.489 e. The van der Waals surface area contributed by atoms with Gasteiger partial charge in [-0.25, -0.2) is 0 Å². The van der Waals surface area contributed by atoms with Gasteiger partial charge >= 0.3 is 0 Å². The molecule has 2 nitrogen and oxygen atoms in total. The van der Waals surface area contributed by atoms with Crippen LogP contribution in [0, 0.1) is 23.7 Å². The first-order valence-electron chi connectivity index (χ1n) is 11.5. The minimum atomic E-state index is 0.277. The molecule has 30 heavy (non-hydrogen) atoms. The maximum atomic E-state index is 6.37. The number of halogens is 1. The van der Waals surface area contributed by atoms with Crippen molar-refractivity contribution in [1.82, 2.24) is 5.32 Å². The highest BCUT2D eigenvalue weighted by molar-refractivity contribution is 6.30. The molecule has 2 unspecified atom stereocenters. The molecule has 0 spiro atoms. The Balaban J connectivity index is 1.31. The lowest BCUT2D eigenvalue weighted by Crippen LogP contribution is -2.63. The third kappa shape index (κ3) is 4.01. The van der Waals surface area contributed by atoms with Crippen molar-refractivity contribution in [3.05, 3.63) is 64.2 Å². The molecule has 4 saturated carbocycles. The lowest BCUT2D eigenvalue weighted by Gasteiger charge is -2.65. The molecule has 2 aromatic carbocycles. The van der Waals surface area contributed by atoms with Crippen molar-refractivity contribution in [3.63, 3.8) is 0 Å². The summed E-state index contributed by atoms with van der Waals surface area (Å²) in [5.74, 6) is 1.83. The van der Waals surface area contributed by atoms with Gasteiger partial charge in [-0.3, -0.25) is 0 Å². The third-order valence-corrected chi connectivity index (χ3v) is 8.05. The molecule has 4 bridgehead atoms. The second-order valence-electron chi connectivity index (χ2n) is 11.3. The van der Waals surface area contributed by atoms with Crippen LogP contribution in [0.3, 0.4) is 0 Å².